The first-order chi connectivity index (χ1) is 10.1. The molecule has 0 unspecified atom stereocenters. The number of amides is 1. The summed E-state index contributed by atoms with van der Waals surface area (Å²) in [7, 11) is 2.06. The summed E-state index contributed by atoms with van der Waals surface area (Å²) in [5.74, 6) is 0.256. The molecule has 0 radical (unpaired) electrons. The summed E-state index contributed by atoms with van der Waals surface area (Å²) in [5.41, 5.74) is 7.62. The van der Waals surface area contributed by atoms with Gasteiger partial charge in [-0.15, -0.1) is 0 Å². The zero-order valence-corrected chi connectivity index (χ0v) is 12.8. The van der Waals surface area contributed by atoms with Crippen LogP contribution in [0.3, 0.4) is 0 Å². The highest BCUT2D eigenvalue weighted by Gasteiger charge is 2.27. The van der Waals surface area contributed by atoms with E-state index in [1.807, 2.05) is 29.2 Å². The van der Waals surface area contributed by atoms with Crippen molar-refractivity contribution in [2.75, 3.05) is 43.1 Å². The minimum absolute atomic E-state index is 0.0362. The fourth-order valence-electron chi connectivity index (χ4n) is 2.86. The normalized spacial score (nSPS) is 19.9. The number of para-hydroxylation sites is 2. The van der Waals surface area contributed by atoms with Gasteiger partial charge in [0.2, 0.25) is 5.91 Å². The van der Waals surface area contributed by atoms with Crippen LogP contribution in [0.2, 0.25) is 0 Å². The Hall–Kier alpha value is -1.59. The number of carbonyl (C=O) groups excluding carboxylic acids is 1. The van der Waals surface area contributed by atoms with Crippen LogP contribution in [0.1, 0.15) is 13.3 Å². The third-order valence-corrected chi connectivity index (χ3v) is 4.02. The van der Waals surface area contributed by atoms with Crippen molar-refractivity contribution >= 4 is 17.3 Å². The Labute approximate surface area is 126 Å². The molecule has 0 saturated carbocycles. The number of rotatable bonds is 4. The summed E-state index contributed by atoms with van der Waals surface area (Å²) < 4.78 is 0. The Morgan fingerprint density at radius 2 is 2.05 bits per heavy atom. The highest BCUT2D eigenvalue weighted by atomic mass is 16.3. The molecule has 0 saturated heterocycles. The highest BCUT2D eigenvalue weighted by Crippen LogP contribution is 2.33. The summed E-state index contributed by atoms with van der Waals surface area (Å²) in [6, 6.07) is 7.97. The molecule has 1 heterocycles. The molecule has 3 N–H and O–H groups in total. The van der Waals surface area contributed by atoms with Crippen molar-refractivity contribution in [3.63, 3.8) is 0 Å². The van der Waals surface area contributed by atoms with E-state index in [2.05, 4.69) is 18.9 Å². The number of hydrogen-bond donors (Lipinski definition) is 2. The van der Waals surface area contributed by atoms with Crippen molar-refractivity contribution in [1.29, 1.82) is 0 Å². The maximum absolute atomic E-state index is 12.6. The van der Waals surface area contributed by atoms with Gasteiger partial charge in [-0.3, -0.25) is 4.79 Å². The molecule has 21 heavy (non-hydrogen) atoms. The quantitative estimate of drug-likeness (QED) is 0.870. The maximum Gasteiger partial charge on any atom is 0.227 e. The average Bonchev–Trinajstić information content (AvgIpc) is 2.61. The molecule has 116 valence electrons. The Balaban J connectivity index is 2.28. The average molecular weight is 291 g/mol. The van der Waals surface area contributed by atoms with E-state index in [9.17, 15) is 9.90 Å². The number of carbonyl (C=O) groups is 1. The van der Waals surface area contributed by atoms with Crippen LogP contribution >= 0.6 is 0 Å². The van der Waals surface area contributed by atoms with Crippen LogP contribution in [0, 0.1) is 11.8 Å². The van der Waals surface area contributed by atoms with Gasteiger partial charge in [0.1, 0.15) is 0 Å². The van der Waals surface area contributed by atoms with Crippen LogP contribution in [-0.4, -0.2) is 44.3 Å². The van der Waals surface area contributed by atoms with Crippen molar-refractivity contribution in [2.24, 2.45) is 17.6 Å². The van der Waals surface area contributed by atoms with Gasteiger partial charge in [0.15, 0.2) is 0 Å². The first-order valence-corrected chi connectivity index (χ1v) is 7.48. The summed E-state index contributed by atoms with van der Waals surface area (Å²) in [5, 5.41) is 9.26. The van der Waals surface area contributed by atoms with Gasteiger partial charge in [0.25, 0.3) is 0 Å². The van der Waals surface area contributed by atoms with E-state index in [4.69, 9.17) is 5.73 Å². The number of anilines is 2. The topological polar surface area (TPSA) is 69.8 Å². The summed E-state index contributed by atoms with van der Waals surface area (Å²) in [4.78, 5) is 16.7. The molecule has 1 aliphatic heterocycles. The molecule has 0 spiro atoms. The maximum atomic E-state index is 12.6. The minimum atomic E-state index is -0.166. The van der Waals surface area contributed by atoms with Crippen molar-refractivity contribution < 1.29 is 9.90 Å². The van der Waals surface area contributed by atoms with E-state index < -0.39 is 0 Å². The second kappa shape index (κ2) is 6.91. The molecular formula is C16H25N3O2. The number of nitrogens with zero attached hydrogens (tertiary/aromatic N) is 2. The van der Waals surface area contributed by atoms with E-state index in [-0.39, 0.29) is 24.9 Å². The molecule has 0 bridgehead atoms. The lowest BCUT2D eigenvalue weighted by Crippen LogP contribution is -2.37. The molecule has 1 aliphatic rings. The molecule has 0 fully saturated rings. The molecule has 1 aromatic carbocycles. The molecule has 5 heteroatoms. The van der Waals surface area contributed by atoms with Gasteiger partial charge in [0, 0.05) is 39.1 Å². The number of fused-ring (bicyclic) bond motifs is 1. The lowest BCUT2D eigenvalue weighted by Gasteiger charge is -2.26. The molecule has 5 nitrogen and oxygen atoms in total. The van der Waals surface area contributed by atoms with E-state index >= 15 is 0 Å². The standard InChI is InChI=1S/C16H25N3O2/c1-12-9-18(2)14-5-3-4-6-15(14)19(10-12)16(21)7-13(8-17)11-20/h3-6,12-13,20H,7-11,17H2,1-2H3/t12-,13-/m1/s1. The van der Waals surface area contributed by atoms with Crippen molar-refractivity contribution in [3.8, 4) is 0 Å². The molecule has 2 atom stereocenters. The third-order valence-electron chi connectivity index (χ3n) is 4.02. The number of aliphatic hydroxyl groups is 1. The van der Waals surface area contributed by atoms with E-state index in [0.717, 1.165) is 17.9 Å². The minimum Gasteiger partial charge on any atom is -0.396 e. The van der Waals surface area contributed by atoms with Crippen molar-refractivity contribution in [3.05, 3.63) is 24.3 Å². The summed E-state index contributed by atoms with van der Waals surface area (Å²) >= 11 is 0. The Bertz CT molecular complexity index is 488. The third kappa shape index (κ3) is 3.54. The molecule has 2 rings (SSSR count). The fourth-order valence-corrected chi connectivity index (χ4v) is 2.86. The number of hydrogen-bond acceptors (Lipinski definition) is 4. The van der Waals surface area contributed by atoms with Gasteiger partial charge >= 0.3 is 0 Å². The SMILES string of the molecule is C[C@@H]1CN(C)c2ccccc2N(C(=O)C[C@H](CN)CO)C1. The van der Waals surface area contributed by atoms with Gasteiger partial charge < -0.3 is 20.6 Å². The van der Waals surface area contributed by atoms with Gasteiger partial charge in [-0.1, -0.05) is 19.1 Å². The first kappa shape index (κ1) is 15.8. The summed E-state index contributed by atoms with van der Waals surface area (Å²) in [6.45, 7) is 4.04. The Kier molecular flexibility index (Phi) is 5.20. The van der Waals surface area contributed by atoms with Crippen LogP contribution in [0.4, 0.5) is 11.4 Å². The number of benzene rings is 1. The molecule has 0 aromatic heterocycles. The van der Waals surface area contributed by atoms with E-state index in [0.29, 0.717) is 19.0 Å². The van der Waals surface area contributed by atoms with Crippen molar-refractivity contribution in [2.45, 2.75) is 13.3 Å². The van der Waals surface area contributed by atoms with Gasteiger partial charge in [-0.25, -0.2) is 0 Å². The van der Waals surface area contributed by atoms with Crippen LogP contribution < -0.4 is 15.5 Å². The van der Waals surface area contributed by atoms with Crippen LogP contribution in [0.25, 0.3) is 0 Å². The predicted octanol–water partition coefficient (Wildman–Crippen LogP) is 1.06. The Morgan fingerprint density at radius 1 is 1.38 bits per heavy atom. The molecule has 1 aromatic rings. The van der Waals surface area contributed by atoms with Crippen LogP contribution in [-0.2, 0) is 4.79 Å². The zero-order chi connectivity index (χ0) is 15.4. The van der Waals surface area contributed by atoms with Gasteiger partial charge in [-0.05, 0) is 24.6 Å². The highest BCUT2D eigenvalue weighted by molar-refractivity contribution is 5.97. The van der Waals surface area contributed by atoms with Gasteiger partial charge in [-0.2, -0.15) is 0 Å². The second-order valence-electron chi connectivity index (χ2n) is 5.97. The monoisotopic (exact) mass is 291 g/mol. The Morgan fingerprint density at radius 3 is 2.67 bits per heavy atom. The zero-order valence-electron chi connectivity index (χ0n) is 12.8. The predicted molar refractivity (Wildman–Crippen MR) is 85.5 cm³/mol. The smallest absolute Gasteiger partial charge is 0.227 e. The lowest BCUT2D eigenvalue weighted by molar-refractivity contribution is -0.119. The second-order valence-corrected chi connectivity index (χ2v) is 5.97. The largest absolute Gasteiger partial charge is 0.396 e. The van der Waals surface area contributed by atoms with Crippen LogP contribution in [0.5, 0.6) is 0 Å². The van der Waals surface area contributed by atoms with Gasteiger partial charge in [0.05, 0.1) is 11.4 Å². The van der Waals surface area contributed by atoms with Crippen LogP contribution in [0.15, 0.2) is 24.3 Å². The first-order valence-electron chi connectivity index (χ1n) is 7.48. The van der Waals surface area contributed by atoms with Crippen molar-refractivity contribution in [1.82, 2.24) is 0 Å². The number of aliphatic hydroxyl groups excluding tert-OH is 1. The molecule has 1 amide bonds. The molecular weight excluding hydrogens is 266 g/mol. The van der Waals surface area contributed by atoms with E-state index in [1.165, 1.54) is 0 Å². The lowest BCUT2D eigenvalue weighted by atomic mass is 10.0. The summed E-state index contributed by atoms with van der Waals surface area (Å²) in [6.07, 6.45) is 0.289. The fraction of sp³-hybridized carbons (Fsp3) is 0.562. The van der Waals surface area contributed by atoms with E-state index in [1.54, 1.807) is 0 Å². The molecule has 0 aliphatic carbocycles. The number of nitrogens with two attached hydrogens (primary N) is 1.